The van der Waals surface area contributed by atoms with Crippen molar-refractivity contribution in [1.29, 1.82) is 0 Å². The van der Waals surface area contributed by atoms with E-state index < -0.39 is 5.60 Å². The monoisotopic (exact) mass is 291 g/mol. The van der Waals surface area contributed by atoms with Gasteiger partial charge in [0.1, 0.15) is 11.4 Å². The third-order valence-corrected chi connectivity index (χ3v) is 2.79. The smallest absolute Gasteiger partial charge is 0.414 e. The highest BCUT2D eigenvalue weighted by Crippen LogP contribution is 2.22. The second-order valence-electron chi connectivity index (χ2n) is 5.76. The maximum absolute atomic E-state index is 12.4. The Morgan fingerprint density at radius 2 is 1.90 bits per heavy atom. The molecule has 1 aromatic carbocycles. The van der Waals surface area contributed by atoms with Crippen molar-refractivity contribution < 1.29 is 14.3 Å². The van der Waals surface area contributed by atoms with Crippen LogP contribution < -0.4 is 9.64 Å². The van der Waals surface area contributed by atoms with E-state index in [0.717, 1.165) is 24.3 Å². The van der Waals surface area contributed by atoms with E-state index in [0.29, 0.717) is 6.54 Å². The van der Waals surface area contributed by atoms with Crippen molar-refractivity contribution in [2.75, 3.05) is 18.6 Å². The number of anilines is 1. The van der Waals surface area contributed by atoms with E-state index in [1.54, 1.807) is 12.0 Å². The predicted octanol–water partition coefficient (Wildman–Crippen LogP) is 4.40. The Hall–Kier alpha value is -1.97. The number of carbonyl (C=O) groups is 1. The Bertz CT molecular complexity index is 460. The molecule has 116 valence electrons. The molecule has 4 nitrogen and oxygen atoms in total. The molecule has 1 aromatic rings. The van der Waals surface area contributed by atoms with Crippen LogP contribution in [0.25, 0.3) is 0 Å². The Kier molecular flexibility index (Phi) is 6.28. The lowest BCUT2D eigenvalue weighted by molar-refractivity contribution is 0.0580. The Morgan fingerprint density at radius 1 is 1.29 bits per heavy atom. The van der Waals surface area contributed by atoms with Gasteiger partial charge in [-0.2, -0.15) is 0 Å². The van der Waals surface area contributed by atoms with Crippen LogP contribution >= 0.6 is 0 Å². The van der Waals surface area contributed by atoms with Gasteiger partial charge >= 0.3 is 6.09 Å². The van der Waals surface area contributed by atoms with Crippen molar-refractivity contribution in [3.8, 4) is 5.75 Å². The second-order valence-corrected chi connectivity index (χ2v) is 5.76. The molecule has 0 spiro atoms. The summed E-state index contributed by atoms with van der Waals surface area (Å²) in [5.41, 5.74) is 0.286. The number of hydrogen-bond donors (Lipinski definition) is 0. The third-order valence-electron chi connectivity index (χ3n) is 2.79. The summed E-state index contributed by atoms with van der Waals surface area (Å²) in [6.45, 7) is 9.88. The van der Waals surface area contributed by atoms with Gasteiger partial charge in [0, 0.05) is 12.2 Å². The number of carbonyl (C=O) groups excluding carboxylic acids is 1. The van der Waals surface area contributed by atoms with Gasteiger partial charge in [-0.15, -0.1) is 6.58 Å². The average molecular weight is 291 g/mol. The minimum atomic E-state index is -0.514. The highest BCUT2D eigenvalue weighted by molar-refractivity contribution is 5.87. The van der Waals surface area contributed by atoms with Crippen LogP contribution in [0.3, 0.4) is 0 Å². The zero-order valence-corrected chi connectivity index (χ0v) is 13.4. The summed E-state index contributed by atoms with van der Waals surface area (Å²) in [6, 6.07) is 7.38. The molecular formula is C17H25NO3. The summed E-state index contributed by atoms with van der Waals surface area (Å²) in [5.74, 6) is 0.758. The molecule has 21 heavy (non-hydrogen) atoms. The van der Waals surface area contributed by atoms with Crippen molar-refractivity contribution in [1.82, 2.24) is 0 Å². The van der Waals surface area contributed by atoms with Gasteiger partial charge in [-0.05, 0) is 57.9 Å². The molecule has 0 bridgehead atoms. The number of methoxy groups -OCH3 is 1. The highest BCUT2D eigenvalue weighted by atomic mass is 16.6. The standard InChI is InChI=1S/C17H25NO3/c1-6-7-8-13-18(16(19)21-17(2,3)4)14-9-11-15(20-5)12-10-14/h6,9-12H,1,7-8,13H2,2-5H3. The van der Waals surface area contributed by atoms with Crippen LogP contribution in [0.2, 0.25) is 0 Å². The summed E-state index contributed by atoms with van der Waals surface area (Å²) in [6.07, 6.45) is 3.21. The van der Waals surface area contributed by atoms with Gasteiger partial charge in [-0.1, -0.05) is 6.08 Å². The van der Waals surface area contributed by atoms with E-state index in [1.807, 2.05) is 51.1 Å². The van der Waals surface area contributed by atoms with Crippen LogP contribution in [0, 0.1) is 0 Å². The lowest BCUT2D eigenvalue weighted by Gasteiger charge is -2.27. The topological polar surface area (TPSA) is 38.8 Å². The van der Waals surface area contributed by atoms with Crippen LogP contribution in [0.15, 0.2) is 36.9 Å². The molecule has 0 radical (unpaired) electrons. The fraction of sp³-hybridized carbons (Fsp3) is 0.471. The molecule has 0 atom stereocenters. The fourth-order valence-corrected chi connectivity index (χ4v) is 1.80. The van der Waals surface area contributed by atoms with E-state index in [2.05, 4.69) is 6.58 Å². The second kappa shape index (κ2) is 7.72. The Morgan fingerprint density at radius 3 is 2.38 bits per heavy atom. The molecule has 1 amide bonds. The summed E-state index contributed by atoms with van der Waals surface area (Å²) in [7, 11) is 1.62. The Labute approximate surface area is 127 Å². The first-order valence-electron chi connectivity index (χ1n) is 7.13. The molecule has 0 heterocycles. The predicted molar refractivity (Wildman–Crippen MR) is 86.0 cm³/mol. The van der Waals surface area contributed by atoms with Gasteiger partial charge in [0.05, 0.1) is 7.11 Å². The molecule has 0 aliphatic rings. The van der Waals surface area contributed by atoms with Crippen LogP contribution in [0.5, 0.6) is 5.75 Å². The van der Waals surface area contributed by atoms with Crippen LogP contribution in [0.1, 0.15) is 33.6 Å². The largest absolute Gasteiger partial charge is 0.497 e. The zero-order chi connectivity index (χ0) is 15.9. The zero-order valence-electron chi connectivity index (χ0n) is 13.4. The normalized spacial score (nSPS) is 10.9. The molecule has 0 saturated carbocycles. The van der Waals surface area contributed by atoms with Crippen molar-refractivity contribution in [2.24, 2.45) is 0 Å². The Balaban J connectivity index is 2.88. The average Bonchev–Trinajstić information content (AvgIpc) is 2.42. The quantitative estimate of drug-likeness (QED) is 0.576. The van der Waals surface area contributed by atoms with E-state index >= 15 is 0 Å². The molecule has 0 aliphatic carbocycles. The number of nitrogens with zero attached hydrogens (tertiary/aromatic N) is 1. The molecule has 1 rings (SSSR count). The molecule has 4 heteroatoms. The SMILES string of the molecule is C=CCCCN(C(=O)OC(C)(C)C)c1ccc(OC)cc1. The van der Waals surface area contributed by atoms with Gasteiger partial charge in [0.25, 0.3) is 0 Å². The van der Waals surface area contributed by atoms with E-state index in [1.165, 1.54) is 0 Å². The third kappa shape index (κ3) is 5.90. The van der Waals surface area contributed by atoms with Crippen LogP contribution in [-0.2, 0) is 4.74 Å². The number of benzene rings is 1. The van der Waals surface area contributed by atoms with Crippen molar-refractivity contribution in [2.45, 2.75) is 39.2 Å². The number of hydrogen-bond acceptors (Lipinski definition) is 3. The van der Waals surface area contributed by atoms with Gasteiger partial charge < -0.3 is 9.47 Å². The van der Waals surface area contributed by atoms with Crippen molar-refractivity contribution in [3.05, 3.63) is 36.9 Å². The number of allylic oxidation sites excluding steroid dienone is 1. The minimum Gasteiger partial charge on any atom is -0.497 e. The molecule has 0 aliphatic heterocycles. The molecule has 0 fully saturated rings. The van der Waals surface area contributed by atoms with Gasteiger partial charge in [0.15, 0.2) is 0 Å². The van der Waals surface area contributed by atoms with E-state index in [4.69, 9.17) is 9.47 Å². The van der Waals surface area contributed by atoms with E-state index in [9.17, 15) is 4.79 Å². The first-order valence-corrected chi connectivity index (χ1v) is 7.13. The summed E-state index contributed by atoms with van der Waals surface area (Å²) < 4.78 is 10.6. The number of unbranched alkanes of at least 4 members (excludes halogenated alkanes) is 1. The lowest BCUT2D eigenvalue weighted by atomic mass is 10.2. The number of rotatable bonds is 6. The summed E-state index contributed by atoms with van der Waals surface area (Å²) in [4.78, 5) is 14.0. The fourth-order valence-electron chi connectivity index (χ4n) is 1.80. The number of ether oxygens (including phenoxy) is 2. The van der Waals surface area contributed by atoms with Gasteiger partial charge in [-0.3, -0.25) is 4.90 Å². The van der Waals surface area contributed by atoms with Crippen LogP contribution in [-0.4, -0.2) is 25.3 Å². The molecule has 0 aromatic heterocycles. The highest BCUT2D eigenvalue weighted by Gasteiger charge is 2.23. The van der Waals surface area contributed by atoms with E-state index in [-0.39, 0.29) is 6.09 Å². The minimum absolute atomic E-state index is 0.336. The molecule has 0 saturated heterocycles. The van der Waals surface area contributed by atoms with Gasteiger partial charge in [-0.25, -0.2) is 4.79 Å². The van der Waals surface area contributed by atoms with Gasteiger partial charge in [0.2, 0.25) is 0 Å². The van der Waals surface area contributed by atoms with Crippen molar-refractivity contribution in [3.63, 3.8) is 0 Å². The number of amides is 1. The summed E-state index contributed by atoms with van der Waals surface area (Å²) in [5, 5.41) is 0. The molecule has 0 N–H and O–H groups in total. The van der Waals surface area contributed by atoms with Crippen LogP contribution in [0.4, 0.5) is 10.5 Å². The maximum Gasteiger partial charge on any atom is 0.414 e. The summed E-state index contributed by atoms with van der Waals surface area (Å²) >= 11 is 0. The molecular weight excluding hydrogens is 266 g/mol. The first-order chi connectivity index (χ1) is 9.87. The lowest BCUT2D eigenvalue weighted by Crippen LogP contribution is -2.37. The first kappa shape index (κ1) is 17.1. The van der Waals surface area contributed by atoms with Crippen molar-refractivity contribution >= 4 is 11.8 Å². The molecule has 0 unspecified atom stereocenters. The maximum atomic E-state index is 12.4.